The number of benzene rings is 2. The SMILES string of the molecule is CCc1ccc(CNC(=O)c2csc(N3CCN(c4ccccc4)CC3)n2)cc1. The van der Waals surface area contributed by atoms with E-state index < -0.39 is 0 Å². The maximum Gasteiger partial charge on any atom is 0.271 e. The minimum Gasteiger partial charge on any atom is -0.368 e. The Kier molecular flexibility index (Phi) is 6.10. The van der Waals surface area contributed by atoms with Crippen molar-refractivity contribution in [1.29, 1.82) is 0 Å². The van der Waals surface area contributed by atoms with Gasteiger partial charge in [-0.2, -0.15) is 0 Å². The van der Waals surface area contributed by atoms with Crippen molar-refractivity contribution in [2.24, 2.45) is 0 Å². The standard InChI is InChI=1S/C23H26N4OS/c1-2-18-8-10-19(11-9-18)16-24-22(28)21-17-29-23(25-21)27-14-12-26(13-15-27)20-6-4-3-5-7-20/h3-11,17H,2,12-16H2,1H3,(H,24,28). The largest absolute Gasteiger partial charge is 0.368 e. The number of hydrogen-bond donors (Lipinski definition) is 1. The number of amides is 1. The van der Waals surface area contributed by atoms with E-state index in [2.05, 4.69) is 75.6 Å². The highest BCUT2D eigenvalue weighted by Crippen LogP contribution is 2.24. The van der Waals surface area contributed by atoms with E-state index in [4.69, 9.17) is 0 Å². The number of nitrogens with one attached hydrogen (secondary N) is 1. The molecule has 0 unspecified atom stereocenters. The van der Waals surface area contributed by atoms with Gasteiger partial charge in [-0.1, -0.05) is 49.4 Å². The van der Waals surface area contributed by atoms with Crippen LogP contribution in [0.25, 0.3) is 0 Å². The van der Waals surface area contributed by atoms with Crippen LogP contribution in [-0.2, 0) is 13.0 Å². The quantitative estimate of drug-likeness (QED) is 0.673. The number of para-hydroxylation sites is 1. The zero-order valence-electron chi connectivity index (χ0n) is 16.7. The van der Waals surface area contributed by atoms with Gasteiger partial charge in [0.1, 0.15) is 5.69 Å². The molecule has 1 N–H and O–H groups in total. The molecule has 3 aromatic rings. The molecular formula is C23H26N4OS. The Hall–Kier alpha value is -2.86. The number of carbonyl (C=O) groups is 1. The predicted octanol–water partition coefficient (Wildman–Crippen LogP) is 3.96. The second-order valence-corrected chi connectivity index (χ2v) is 8.01. The van der Waals surface area contributed by atoms with Gasteiger partial charge in [-0.25, -0.2) is 4.98 Å². The van der Waals surface area contributed by atoms with E-state index in [1.54, 1.807) is 11.3 Å². The summed E-state index contributed by atoms with van der Waals surface area (Å²) in [5, 5.41) is 5.76. The highest BCUT2D eigenvalue weighted by molar-refractivity contribution is 7.13. The molecular weight excluding hydrogens is 380 g/mol. The normalized spacial score (nSPS) is 14.1. The molecule has 0 spiro atoms. The molecule has 1 saturated heterocycles. The third kappa shape index (κ3) is 4.77. The minimum absolute atomic E-state index is 0.116. The van der Waals surface area contributed by atoms with Gasteiger partial charge in [0.25, 0.3) is 5.91 Å². The van der Waals surface area contributed by atoms with Crippen LogP contribution in [-0.4, -0.2) is 37.1 Å². The lowest BCUT2D eigenvalue weighted by atomic mass is 10.1. The Labute approximate surface area is 176 Å². The molecule has 1 aliphatic heterocycles. The first-order chi connectivity index (χ1) is 14.2. The van der Waals surface area contributed by atoms with E-state index in [9.17, 15) is 4.79 Å². The highest BCUT2D eigenvalue weighted by atomic mass is 32.1. The van der Waals surface area contributed by atoms with E-state index in [0.29, 0.717) is 12.2 Å². The Morgan fingerprint density at radius 3 is 2.31 bits per heavy atom. The Morgan fingerprint density at radius 2 is 1.62 bits per heavy atom. The second-order valence-electron chi connectivity index (χ2n) is 7.18. The predicted molar refractivity (Wildman–Crippen MR) is 120 cm³/mol. The lowest BCUT2D eigenvalue weighted by Gasteiger charge is -2.35. The van der Waals surface area contributed by atoms with E-state index in [1.807, 2.05) is 11.4 Å². The number of aromatic nitrogens is 1. The minimum atomic E-state index is -0.116. The van der Waals surface area contributed by atoms with E-state index in [-0.39, 0.29) is 5.91 Å². The number of nitrogens with zero attached hydrogens (tertiary/aromatic N) is 3. The summed E-state index contributed by atoms with van der Waals surface area (Å²) in [5.74, 6) is -0.116. The van der Waals surface area contributed by atoms with Crippen LogP contribution in [0.2, 0.25) is 0 Å². The van der Waals surface area contributed by atoms with Crippen molar-refractivity contribution in [2.45, 2.75) is 19.9 Å². The zero-order chi connectivity index (χ0) is 20.1. The Bertz CT molecular complexity index is 931. The van der Waals surface area contributed by atoms with Crippen molar-refractivity contribution in [3.05, 3.63) is 76.8 Å². The van der Waals surface area contributed by atoms with Gasteiger partial charge in [0.2, 0.25) is 0 Å². The average Bonchev–Trinajstić information content (AvgIpc) is 3.29. The van der Waals surface area contributed by atoms with E-state index in [1.165, 1.54) is 11.3 Å². The molecule has 2 aromatic carbocycles. The summed E-state index contributed by atoms with van der Waals surface area (Å²) in [4.78, 5) is 21.7. The number of anilines is 2. The molecule has 1 fully saturated rings. The van der Waals surface area contributed by atoms with Crippen molar-refractivity contribution in [3.8, 4) is 0 Å². The molecule has 5 nitrogen and oxygen atoms in total. The maximum absolute atomic E-state index is 12.5. The first-order valence-electron chi connectivity index (χ1n) is 10.1. The van der Waals surface area contributed by atoms with Crippen molar-refractivity contribution in [2.75, 3.05) is 36.0 Å². The van der Waals surface area contributed by atoms with E-state index in [0.717, 1.165) is 43.3 Å². The number of thiazole rings is 1. The number of piperazine rings is 1. The number of carbonyl (C=O) groups excluding carboxylic acids is 1. The zero-order valence-corrected chi connectivity index (χ0v) is 17.5. The summed E-state index contributed by atoms with van der Waals surface area (Å²) in [5.41, 5.74) is 4.17. The van der Waals surface area contributed by atoms with Crippen LogP contribution in [0.4, 0.5) is 10.8 Å². The first-order valence-corrected chi connectivity index (χ1v) is 11.0. The molecule has 0 bridgehead atoms. The van der Waals surface area contributed by atoms with Gasteiger partial charge in [0.15, 0.2) is 5.13 Å². The summed E-state index contributed by atoms with van der Waals surface area (Å²) in [6.07, 6.45) is 1.02. The van der Waals surface area contributed by atoms with Gasteiger partial charge in [0.05, 0.1) is 0 Å². The highest BCUT2D eigenvalue weighted by Gasteiger charge is 2.21. The molecule has 1 amide bonds. The molecule has 29 heavy (non-hydrogen) atoms. The van der Waals surface area contributed by atoms with Crippen LogP contribution in [0.1, 0.15) is 28.5 Å². The molecule has 0 aliphatic carbocycles. The molecule has 0 atom stereocenters. The third-order valence-electron chi connectivity index (χ3n) is 5.28. The van der Waals surface area contributed by atoms with Crippen molar-refractivity contribution in [3.63, 3.8) is 0 Å². The van der Waals surface area contributed by atoms with Crippen LogP contribution in [0.5, 0.6) is 0 Å². The smallest absolute Gasteiger partial charge is 0.271 e. The summed E-state index contributed by atoms with van der Waals surface area (Å²) in [7, 11) is 0. The molecule has 4 rings (SSSR count). The Balaban J connectivity index is 1.30. The monoisotopic (exact) mass is 406 g/mol. The van der Waals surface area contributed by atoms with Gasteiger partial charge in [0, 0.05) is 43.8 Å². The van der Waals surface area contributed by atoms with Crippen LogP contribution in [0.3, 0.4) is 0 Å². The molecule has 0 radical (unpaired) electrons. The summed E-state index contributed by atoms with van der Waals surface area (Å²) < 4.78 is 0. The number of aryl methyl sites for hydroxylation is 1. The van der Waals surface area contributed by atoms with Gasteiger partial charge in [-0.15, -0.1) is 11.3 Å². The fourth-order valence-corrected chi connectivity index (χ4v) is 4.33. The number of hydrogen-bond acceptors (Lipinski definition) is 5. The summed E-state index contributed by atoms with van der Waals surface area (Å²) in [6.45, 7) is 6.39. The fraction of sp³-hybridized carbons (Fsp3) is 0.304. The van der Waals surface area contributed by atoms with Gasteiger partial charge in [-0.3, -0.25) is 4.79 Å². The van der Waals surface area contributed by atoms with Gasteiger partial charge < -0.3 is 15.1 Å². The molecule has 6 heteroatoms. The van der Waals surface area contributed by atoms with Gasteiger partial charge >= 0.3 is 0 Å². The Morgan fingerprint density at radius 1 is 0.966 bits per heavy atom. The number of rotatable bonds is 6. The van der Waals surface area contributed by atoms with Crippen LogP contribution < -0.4 is 15.1 Å². The third-order valence-corrected chi connectivity index (χ3v) is 6.18. The lowest BCUT2D eigenvalue weighted by Crippen LogP contribution is -2.46. The van der Waals surface area contributed by atoms with Crippen LogP contribution in [0, 0.1) is 0 Å². The average molecular weight is 407 g/mol. The topological polar surface area (TPSA) is 48.5 Å². The molecule has 0 saturated carbocycles. The van der Waals surface area contributed by atoms with Crippen LogP contribution in [0.15, 0.2) is 60.0 Å². The van der Waals surface area contributed by atoms with Crippen LogP contribution >= 0.6 is 11.3 Å². The first kappa shape index (κ1) is 19.5. The van der Waals surface area contributed by atoms with Crippen molar-refractivity contribution in [1.82, 2.24) is 10.3 Å². The molecule has 1 aliphatic rings. The molecule has 150 valence electrons. The maximum atomic E-state index is 12.5. The van der Waals surface area contributed by atoms with Crippen molar-refractivity contribution >= 4 is 28.1 Å². The summed E-state index contributed by atoms with van der Waals surface area (Å²) in [6, 6.07) is 18.8. The fourth-order valence-electron chi connectivity index (χ4n) is 3.47. The van der Waals surface area contributed by atoms with E-state index >= 15 is 0 Å². The summed E-state index contributed by atoms with van der Waals surface area (Å²) >= 11 is 1.54. The lowest BCUT2D eigenvalue weighted by molar-refractivity contribution is 0.0946. The molecule has 1 aromatic heterocycles. The molecule has 2 heterocycles. The second kappa shape index (κ2) is 9.09. The van der Waals surface area contributed by atoms with Crippen molar-refractivity contribution < 1.29 is 4.79 Å². The van der Waals surface area contributed by atoms with Gasteiger partial charge in [-0.05, 0) is 29.7 Å².